The minimum absolute atomic E-state index is 0.172. The lowest BCUT2D eigenvalue weighted by molar-refractivity contribution is 0.0606. The molecule has 1 spiro atoms. The summed E-state index contributed by atoms with van der Waals surface area (Å²) in [5.41, 5.74) is 3.14. The molecule has 0 aliphatic carbocycles. The van der Waals surface area contributed by atoms with Gasteiger partial charge in [0.05, 0.1) is 11.3 Å². The maximum absolute atomic E-state index is 12.8. The third kappa shape index (κ3) is 2.48. The van der Waals surface area contributed by atoms with Gasteiger partial charge in [0.1, 0.15) is 0 Å². The van der Waals surface area contributed by atoms with Crippen molar-refractivity contribution in [1.29, 1.82) is 0 Å². The Morgan fingerprint density at radius 3 is 2.52 bits per heavy atom. The van der Waals surface area contributed by atoms with Crippen LogP contribution in [0, 0.1) is 19.3 Å². The van der Waals surface area contributed by atoms with Gasteiger partial charge in [-0.25, -0.2) is 0 Å². The van der Waals surface area contributed by atoms with Gasteiger partial charge in [0.25, 0.3) is 5.91 Å². The summed E-state index contributed by atoms with van der Waals surface area (Å²) in [5, 5.41) is 7.95. The fourth-order valence-electron chi connectivity index (χ4n) is 3.88. The number of rotatable bonds is 2. The van der Waals surface area contributed by atoms with Crippen LogP contribution in [0.3, 0.4) is 0 Å². The molecule has 2 saturated heterocycles. The Morgan fingerprint density at radius 1 is 1.29 bits per heavy atom. The maximum atomic E-state index is 12.8. The lowest BCUT2D eigenvalue weighted by Gasteiger charge is -2.38. The maximum Gasteiger partial charge on any atom is 0.257 e. The van der Waals surface area contributed by atoms with Gasteiger partial charge in [-0.05, 0) is 52.0 Å². The molecule has 5 nitrogen and oxygen atoms in total. The molecule has 2 fully saturated rings. The normalized spacial score (nSPS) is 21.2. The number of aryl methyl sites for hydroxylation is 2. The number of aromatic nitrogens is 2. The zero-order valence-electron chi connectivity index (χ0n) is 13.4. The molecule has 2 aliphatic rings. The predicted molar refractivity (Wildman–Crippen MR) is 82.4 cm³/mol. The van der Waals surface area contributed by atoms with Crippen molar-refractivity contribution < 1.29 is 4.79 Å². The molecular formula is C16H26N4O. The monoisotopic (exact) mass is 290 g/mol. The quantitative estimate of drug-likeness (QED) is 0.902. The summed E-state index contributed by atoms with van der Waals surface area (Å²) in [5.74, 6) is 0.172. The van der Waals surface area contributed by atoms with E-state index in [-0.39, 0.29) is 5.91 Å². The first-order valence-corrected chi connectivity index (χ1v) is 8.10. The highest BCUT2D eigenvalue weighted by atomic mass is 16.2. The van der Waals surface area contributed by atoms with Crippen molar-refractivity contribution in [2.45, 2.75) is 46.6 Å². The first kappa shape index (κ1) is 14.6. The summed E-state index contributed by atoms with van der Waals surface area (Å²) in [6.07, 6.45) is 3.53. The molecule has 116 valence electrons. The minimum Gasteiger partial charge on any atom is -0.338 e. The van der Waals surface area contributed by atoms with Gasteiger partial charge in [-0.15, -0.1) is 0 Å². The van der Waals surface area contributed by atoms with Crippen LogP contribution >= 0.6 is 0 Å². The van der Waals surface area contributed by atoms with E-state index in [0.29, 0.717) is 5.41 Å². The molecule has 0 aromatic carbocycles. The van der Waals surface area contributed by atoms with Crippen LogP contribution < -0.4 is 5.32 Å². The molecule has 5 heteroatoms. The first-order valence-electron chi connectivity index (χ1n) is 8.10. The van der Waals surface area contributed by atoms with E-state index < -0.39 is 0 Å². The van der Waals surface area contributed by atoms with Crippen LogP contribution in [0.15, 0.2) is 0 Å². The van der Waals surface area contributed by atoms with Crippen molar-refractivity contribution in [2.75, 3.05) is 26.2 Å². The number of hydrogen-bond donors (Lipinski definition) is 1. The van der Waals surface area contributed by atoms with E-state index in [4.69, 9.17) is 0 Å². The van der Waals surface area contributed by atoms with E-state index in [1.807, 2.05) is 23.4 Å². The van der Waals surface area contributed by atoms with E-state index in [0.717, 1.165) is 62.5 Å². The van der Waals surface area contributed by atoms with E-state index >= 15 is 0 Å². The van der Waals surface area contributed by atoms with Crippen LogP contribution in [0.25, 0.3) is 0 Å². The Morgan fingerprint density at radius 2 is 2.00 bits per heavy atom. The molecule has 0 radical (unpaired) electrons. The Balaban J connectivity index is 1.73. The zero-order valence-corrected chi connectivity index (χ0v) is 13.4. The van der Waals surface area contributed by atoms with Gasteiger partial charge in [-0.1, -0.05) is 0 Å². The fourth-order valence-corrected chi connectivity index (χ4v) is 3.88. The molecule has 2 aliphatic heterocycles. The molecule has 21 heavy (non-hydrogen) atoms. The van der Waals surface area contributed by atoms with E-state index in [1.165, 1.54) is 6.42 Å². The van der Waals surface area contributed by atoms with Crippen LogP contribution in [0.1, 0.15) is 47.9 Å². The van der Waals surface area contributed by atoms with Gasteiger partial charge in [0.2, 0.25) is 0 Å². The van der Waals surface area contributed by atoms with Crippen LogP contribution in [-0.2, 0) is 6.54 Å². The molecule has 0 bridgehead atoms. The Bertz CT molecular complexity index is 533. The van der Waals surface area contributed by atoms with Gasteiger partial charge in [-0.2, -0.15) is 5.10 Å². The highest BCUT2D eigenvalue weighted by molar-refractivity contribution is 5.96. The molecule has 3 rings (SSSR count). The smallest absolute Gasteiger partial charge is 0.257 e. The standard InChI is InChI=1S/C16H26N4O/c1-4-20-13(3)14(12(2)18-20)15(21)19-9-6-16(7-10-19)5-8-17-11-16/h17H,4-11H2,1-3H3. The third-order valence-electron chi connectivity index (χ3n) is 5.34. The number of hydrogen-bond acceptors (Lipinski definition) is 3. The highest BCUT2D eigenvalue weighted by Crippen LogP contribution is 2.37. The summed E-state index contributed by atoms with van der Waals surface area (Å²) in [6, 6.07) is 0. The highest BCUT2D eigenvalue weighted by Gasteiger charge is 2.38. The SMILES string of the molecule is CCn1nc(C)c(C(=O)N2CCC3(CCNC3)CC2)c1C. The van der Waals surface area contributed by atoms with Gasteiger partial charge in [0.15, 0.2) is 0 Å². The number of nitrogens with zero attached hydrogens (tertiary/aromatic N) is 3. The molecule has 1 aromatic heterocycles. The predicted octanol–water partition coefficient (Wildman–Crippen LogP) is 1.74. The summed E-state index contributed by atoms with van der Waals surface area (Å²) >= 11 is 0. The molecule has 1 amide bonds. The van der Waals surface area contributed by atoms with Gasteiger partial charge in [0, 0.05) is 31.9 Å². The van der Waals surface area contributed by atoms with E-state index in [1.54, 1.807) is 0 Å². The summed E-state index contributed by atoms with van der Waals surface area (Å²) in [7, 11) is 0. The zero-order chi connectivity index (χ0) is 15.0. The van der Waals surface area contributed by atoms with Crippen LogP contribution in [0.4, 0.5) is 0 Å². The number of piperidine rings is 1. The topological polar surface area (TPSA) is 50.2 Å². The fraction of sp³-hybridized carbons (Fsp3) is 0.750. The Hall–Kier alpha value is -1.36. The average molecular weight is 290 g/mol. The number of carbonyl (C=O) groups is 1. The van der Waals surface area contributed by atoms with Gasteiger partial charge >= 0.3 is 0 Å². The molecule has 1 aromatic rings. The number of nitrogens with one attached hydrogen (secondary N) is 1. The molecule has 0 saturated carbocycles. The van der Waals surface area contributed by atoms with Gasteiger partial charge in [-0.3, -0.25) is 9.48 Å². The molecule has 1 N–H and O–H groups in total. The summed E-state index contributed by atoms with van der Waals surface area (Å²) in [4.78, 5) is 14.9. The van der Waals surface area contributed by atoms with Crippen molar-refractivity contribution in [3.63, 3.8) is 0 Å². The molecule has 0 unspecified atom stereocenters. The molecular weight excluding hydrogens is 264 g/mol. The summed E-state index contributed by atoms with van der Waals surface area (Å²) < 4.78 is 1.93. The molecule has 0 atom stereocenters. The third-order valence-corrected chi connectivity index (χ3v) is 5.34. The van der Waals surface area contributed by atoms with Gasteiger partial charge < -0.3 is 10.2 Å². The number of carbonyl (C=O) groups excluding carboxylic acids is 1. The second-order valence-corrected chi connectivity index (χ2v) is 6.58. The Labute approximate surface area is 126 Å². The van der Waals surface area contributed by atoms with Crippen LogP contribution in [0.5, 0.6) is 0 Å². The number of amides is 1. The summed E-state index contributed by atoms with van der Waals surface area (Å²) in [6.45, 7) is 10.9. The van der Waals surface area contributed by atoms with E-state index in [9.17, 15) is 4.79 Å². The van der Waals surface area contributed by atoms with Crippen molar-refractivity contribution in [2.24, 2.45) is 5.41 Å². The van der Waals surface area contributed by atoms with Crippen molar-refractivity contribution in [1.82, 2.24) is 20.0 Å². The van der Waals surface area contributed by atoms with E-state index in [2.05, 4.69) is 17.3 Å². The lowest BCUT2D eigenvalue weighted by Crippen LogP contribution is -2.44. The average Bonchev–Trinajstić information content (AvgIpc) is 3.04. The van der Waals surface area contributed by atoms with Crippen LogP contribution in [0.2, 0.25) is 0 Å². The largest absolute Gasteiger partial charge is 0.338 e. The van der Waals surface area contributed by atoms with Crippen molar-refractivity contribution in [3.05, 3.63) is 17.0 Å². The molecule has 3 heterocycles. The Kier molecular flexibility index (Phi) is 3.78. The minimum atomic E-state index is 0.172. The van der Waals surface area contributed by atoms with Crippen LogP contribution in [-0.4, -0.2) is 46.8 Å². The van der Waals surface area contributed by atoms with Crippen molar-refractivity contribution >= 4 is 5.91 Å². The first-order chi connectivity index (χ1) is 10.1. The lowest BCUT2D eigenvalue weighted by atomic mass is 9.78. The number of likely N-dealkylation sites (tertiary alicyclic amines) is 1. The second-order valence-electron chi connectivity index (χ2n) is 6.58. The van der Waals surface area contributed by atoms with Crippen molar-refractivity contribution in [3.8, 4) is 0 Å². The second kappa shape index (κ2) is 5.44.